The molecule has 0 fully saturated rings. The Morgan fingerprint density at radius 1 is 1.29 bits per heavy atom. The first-order chi connectivity index (χ1) is 10.3. The van der Waals surface area contributed by atoms with Crippen LogP contribution in [0.25, 0.3) is 0 Å². The van der Waals surface area contributed by atoms with Crippen LogP contribution in [0, 0.1) is 0 Å². The summed E-state index contributed by atoms with van der Waals surface area (Å²) >= 11 is 0. The van der Waals surface area contributed by atoms with Crippen LogP contribution in [-0.2, 0) is 11.3 Å². The van der Waals surface area contributed by atoms with Crippen molar-refractivity contribution in [1.82, 2.24) is 9.55 Å². The van der Waals surface area contributed by atoms with Gasteiger partial charge in [-0.2, -0.15) is 0 Å². The quantitative estimate of drug-likeness (QED) is 0.847. The molecule has 110 valence electrons. The molecule has 0 bridgehead atoms. The molecule has 2 heterocycles. The Morgan fingerprint density at radius 3 is 2.86 bits per heavy atom. The number of methoxy groups -OCH3 is 2. The average molecular weight is 287 g/mol. The summed E-state index contributed by atoms with van der Waals surface area (Å²) in [4.78, 5) is 9.46. The molecule has 0 saturated carbocycles. The predicted octanol–water partition coefficient (Wildman–Crippen LogP) is 2.42. The van der Waals surface area contributed by atoms with Gasteiger partial charge in [-0.1, -0.05) is 11.2 Å². The van der Waals surface area contributed by atoms with Crippen molar-refractivity contribution in [2.45, 2.75) is 19.1 Å². The topological polar surface area (TPSA) is 57.9 Å². The van der Waals surface area contributed by atoms with Crippen LogP contribution < -0.4 is 9.47 Å². The van der Waals surface area contributed by atoms with E-state index in [1.54, 1.807) is 26.7 Å². The first kappa shape index (κ1) is 13.5. The molecule has 0 radical (unpaired) electrons. The number of rotatable bonds is 5. The second-order valence-electron chi connectivity index (χ2n) is 4.80. The van der Waals surface area contributed by atoms with Crippen molar-refractivity contribution in [1.29, 1.82) is 0 Å². The van der Waals surface area contributed by atoms with Crippen molar-refractivity contribution in [3.05, 3.63) is 42.5 Å². The van der Waals surface area contributed by atoms with Crippen LogP contribution >= 0.6 is 0 Å². The predicted molar refractivity (Wildman–Crippen MR) is 77.7 cm³/mol. The Balaban J connectivity index is 1.68. The van der Waals surface area contributed by atoms with E-state index >= 15 is 0 Å². The van der Waals surface area contributed by atoms with Gasteiger partial charge in [-0.3, -0.25) is 4.57 Å². The van der Waals surface area contributed by atoms with Crippen molar-refractivity contribution in [2.75, 3.05) is 14.2 Å². The fourth-order valence-electron chi connectivity index (χ4n) is 2.34. The van der Waals surface area contributed by atoms with Crippen LogP contribution in [0.5, 0.6) is 11.5 Å². The van der Waals surface area contributed by atoms with Crippen LogP contribution in [0.3, 0.4) is 0 Å². The maximum Gasteiger partial charge on any atom is 0.209 e. The van der Waals surface area contributed by atoms with Crippen LogP contribution in [-0.4, -0.2) is 29.5 Å². The largest absolute Gasteiger partial charge is 0.493 e. The molecule has 1 atom stereocenters. The van der Waals surface area contributed by atoms with E-state index in [1.165, 1.54) is 0 Å². The van der Waals surface area contributed by atoms with Crippen molar-refractivity contribution >= 4 is 5.71 Å². The van der Waals surface area contributed by atoms with E-state index in [-0.39, 0.29) is 6.23 Å². The molecule has 21 heavy (non-hydrogen) atoms. The fourth-order valence-corrected chi connectivity index (χ4v) is 2.34. The molecule has 0 spiro atoms. The first-order valence-electron chi connectivity index (χ1n) is 6.70. The van der Waals surface area contributed by atoms with E-state index in [0.29, 0.717) is 0 Å². The number of imidazole rings is 1. The van der Waals surface area contributed by atoms with E-state index in [1.807, 2.05) is 29.0 Å². The Hall–Kier alpha value is -2.50. The maximum absolute atomic E-state index is 5.44. The number of ether oxygens (including phenoxy) is 2. The van der Waals surface area contributed by atoms with Crippen molar-refractivity contribution in [3.8, 4) is 11.5 Å². The molecule has 0 aliphatic carbocycles. The standard InChI is InChI=1S/C15H17N3O3/c1-19-13-4-3-11(8-14(13)20-2)7-12-9-15(21-17-12)18-6-5-16-10-18/h3-6,8,10,15H,7,9H2,1-2H3. The smallest absolute Gasteiger partial charge is 0.209 e. The first-order valence-corrected chi connectivity index (χ1v) is 6.70. The summed E-state index contributed by atoms with van der Waals surface area (Å²) in [6.45, 7) is 0. The Kier molecular flexibility index (Phi) is 3.77. The normalized spacial score (nSPS) is 17.2. The molecule has 6 heteroatoms. The van der Waals surface area contributed by atoms with Gasteiger partial charge in [0.15, 0.2) is 11.5 Å². The molecule has 1 aliphatic heterocycles. The molecule has 1 aliphatic rings. The van der Waals surface area contributed by atoms with Gasteiger partial charge in [0.05, 0.1) is 26.3 Å². The lowest BCUT2D eigenvalue weighted by molar-refractivity contribution is 0.0322. The zero-order valence-electron chi connectivity index (χ0n) is 12.0. The number of oxime groups is 1. The SMILES string of the molecule is COc1ccc(CC2=NOC(n3ccnc3)C2)cc1OC. The third kappa shape index (κ3) is 2.84. The highest BCUT2D eigenvalue weighted by atomic mass is 16.7. The lowest BCUT2D eigenvalue weighted by Gasteiger charge is -2.10. The Morgan fingerprint density at radius 2 is 2.14 bits per heavy atom. The third-order valence-corrected chi connectivity index (χ3v) is 3.43. The van der Waals surface area contributed by atoms with E-state index < -0.39 is 0 Å². The van der Waals surface area contributed by atoms with Gasteiger partial charge in [-0.05, 0) is 17.7 Å². The van der Waals surface area contributed by atoms with Gasteiger partial charge >= 0.3 is 0 Å². The number of benzene rings is 1. The highest BCUT2D eigenvalue weighted by Crippen LogP contribution is 2.29. The molecule has 1 aromatic carbocycles. The molecule has 3 rings (SSSR count). The second-order valence-corrected chi connectivity index (χ2v) is 4.80. The van der Waals surface area contributed by atoms with Gasteiger partial charge in [0, 0.05) is 25.2 Å². The zero-order valence-corrected chi connectivity index (χ0v) is 12.0. The Bertz CT molecular complexity index is 638. The van der Waals surface area contributed by atoms with Crippen molar-refractivity contribution in [2.24, 2.45) is 5.16 Å². The summed E-state index contributed by atoms with van der Waals surface area (Å²) in [6.07, 6.45) is 6.73. The summed E-state index contributed by atoms with van der Waals surface area (Å²) in [6, 6.07) is 5.87. The highest BCUT2D eigenvalue weighted by Gasteiger charge is 2.22. The van der Waals surface area contributed by atoms with Gasteiger partial charge in [-0.25, -0.2) is 4.98 Å². The molecule has 0 N–H and O–H groups in total. The van der Waals surface area contributed by atoms with Gasteiger partial charge in [0.1, 0.15) is 0 Å². The molecular weight excluding hydrogens is 270 g/mol. The van der Waals surface area contributed by atoms with Crippen LogP contribution in [0.2, 0.25) is 0 Å². The van der Waals surface area contributed by atoms with Crippen LogP contribution in [0.15, 0.2) is 42.1 Å². The summed E-state index contributed by atoms with van der Waals surface area (Å²) < 4.78 is 12.5. The number of hydrogen-bond acceptors (Lipinski definition) is 5. The number of aromatic nitrogens is 2. The minimum atomic E-state index is -0.0948. The van der Waals surface area contributed by atoms with Crippen molar-refractivity contribution in [3.63, 3.8) is 0 Å². The van der Waals surface area contributed by atoms with Crippen LogP contribution in [0.4, 0.5) is 0 Å². The Labute approximate surface area is 123 Å². The summed E-state index contributed by atoms with van der Waals surface area (Å²) in [5.41, 5.74) is 2.11. The molecule has 6 nitrogen and oxygen atoms in total. The number of nitrogens with zero attached hydrogens (tertiary/aromatic N) is 3. The maximum atomic E-state index is 5.44. The average Bonchev–Trinajstić information content (AvgIpc) is 3.17. The van der Waals surface area contributed by atoms with Crippen molar-refractivity contribution < 1.29 is 14.3 Å². The van der Waals surface area contributed by atoms with E-state index in [0.717, 1.165) is 35.6 Å². The van der Waals surface area contributed by atoms with Gasteiger partial charge in [0.25, 0.3) is 0 Å². The minimum absolute atomic E-state index is 0.0948. The molecule has 1 aromatic heterocycles. The fraction of sp³-hybridized carbons (Fsp3) is 0.333. The highest BCUT2D eigenvalue weighted by molar-refractivity contribution is 5.87. The summed E-state index contributed by atoms with van der Waals surface area (Å²) in [5, 5.41) is 4.16. The van der Waals surface area contributed by atoms with Crippen LogP contribution in [0.1, 0.15) is 18.2 Å². The second kappa shape index (κ2) is 5.87. The molecular formula is C15H17N3O3. The van der Waals surface area contributed by atoms with E-state index in [9.17, 15) is 0 Å². The molecule has 2 aromatic rings. The lowest BCUT2D eigenvalue weighted by Crippen LogP contribution is -2.08. The van der Waals surface area contributed by atoms with Gasteiger partial charge in [-0.15, -0.1) is 0 Å². The van der Waals surface area contributed by atoms with Gasteiger partial charge in [0.2, 0.25) is 6.23 Å². The van der Waals surface area contributed by atoms with E-state index in [2.05, 4.69) is 10.1 Å². The van der Waals surface area contributed by atoms with Gasteiger partial charge < -0.3 is 14.3 Å². The monoisotopic (exact) mass is 287 g/mol. The summed E-state index contributed by atoms with van der Waals surface area (Å²) in [5.74, 6) is 1.45. The third-order valence-electron chi connectivity index (χ3n) is 3.43. The lowest BCUT2D eigenvalue weighted by atomic mass is 10.1. The molecule has 0 saturated heterocycles. The zero-order chi connectivity index (χ0) is 14.7. The number of hydrogen-bond donors (Lipinski definition) is 0. The summed E-state index contributed by atoms with van der Waals surface area (Å²) in [7, 11) is 3.26. The minimum Gasteiger partial charge on any atom is -0.493 e. The van der Waals surface area contributed by atoms with E-state index in [4.69, 9.17) is 14.3 Å². The molecule has 1 unspecified atom stereocenters. The molecule has 0 amide bonds.